The van der Waals surface area contributed by atoms with Gasteiger partial charge in [0, 0.05) is 13.1 Å². The van der Waals surface area contributed by atoms with Crippen molar-refractivity contribution in [2.24, 2.45) is 11.8 Å². The monoisotopic (exact) mass is 212 g/mol. The first kappa shape index (κ1) is 10.9. The van der Waals surface area contributed by atoms with Gasteiger partial charge in [0.25, 0.3) is 0 Å². The Bertz CT molecular complexity index is 245. The largest absolute Gasteiger partial charge is 0.375 e. The molecule has 0 aromatic carbocycles. The molecule has 2 N–H and O–H groups in total. The van der Waals surface area contributed by atoms with E-state index in [4.69, 9.17) is 4.74 Å². The molecular formula is C11H20N2O2. The molecule has 1 aliphatic heterocycles. The van der Waals surface area contributed by atoms with E-state index in [9.17, 15) is 4.79 Å². The van der Waals surface area contributed by atoms with Gasteiger partial charge in [0.05, 0.1) is 12.7 Å². The molecule has 1 aliphatic carbocycles. The molecule has 0 radical (unpaired) electrons. The van der Waals surface area contributed by atoms with Crippen LogP contribution in [0.4, 0.5) is 0 Å². The van der Waals surface area contributed by atoms with E-state index in [2.05, 4.69) is 17.6 Å². The van der Waals surface area contributed by atoms with E-state index in [1.165, 1.54) is 6.42 Å². The van der Waals surface area contributed by atoms with Crippen LogP contribution in [-0.2, 0) is 9.53 Å². The van der Waals surface area contributed by atoms with Crippen molar-refractivity contribution in [2.75, 3.05) is 19.7 Å². The molecule has 1 heterocycles. The summed E-state index contributed by atoms with van der Waals surface area (Å²) in [4.78, 5) is 11.8. The third kappa shape index (κ3) is 2.69. The maximum absolute atomic E-state index is 11.8. The molecule has 0 spiro atoms. The van der Waals surface area contributed by atoms with Crippen molar-refractivity contribution >= 4 is 5.91 Å². The highest BCUT2D eigenvalue weighted by atomic mass is 16.5. The fourth-order valence-corrected chi connectivity index (χ4v) is 2.05. The highest BCUT2D eigenvalue weighted by molar-refractivity contribution is 5.82. The number of ether oxygens (including phenoxy) is 1. The number of nitrogens with one attached hydrogen (secondary N) is 2. The van der Waals surface area contributed by atoms with E-state index in [0.717, 1.165) is 19.0 Å². The summed E-state index contributed by atoms with van der Waals surface area (Å²) in [5, 5.41) is 6.18. The maximum atomic E-state index is 11.8. The van der Waals surface area contributed by atoms with Crippen LogP contribution in [0.3, 0.4) is 0 Å². The van der Waals surface area contributed by atoms with Crippen LogP contribution in [0, 0.1) is 11.8 Å². The topological polar surface area (TPSA) is 50.4 Å². The normalized spacial score (nSPS) is 39.9. The number of morpholine rings is 1. The lowest BCUT2D eigenvalue weighted by Gasteiger charge is -2.29. The van der Waals surface area contributed by atoms with Gasteiger partial charge in [-0.3, -0.25) is 4.79 Å². The summed E-state index contributed by atoms with van der Waals surface area (Å²) in [7, 11) is 0. The lowest BCUT2D eigenvalue weighted by atomic mass is 10.1. The Balaban J connectivity index is 1.73. The Morgan fingerprint density at radius 3 is 2.87 bits per heavy atom. The third-order valence-corrected chi connectivity index (χ3v) is 3.41. The van der Waals surface area contributed by atoms with Crippen molar-refractivity contribution in [3.05, 3.63) is 0 Å². The lowest BCUT2D eigenvalue weighted by Crippen LogP contribution is -2.55. The minimum absolute atomic E-state index is 0.0182. The highest BCUT2D eigenvalue weighted by Crippen LogP contribution is 2.36. The zero-order valence-corrected chi connectivity index (χ0v) is 9.45. The molecular weight excluding hydrogens is 192 g/mol. The van der Waals surface area contributed by atoms with Gasteiger partial charge >= 0.3 is 0 Å². The van der Waals surface area contributed by atoms with Gasteiger partial charge in [0.1, 0.15) is 6.04 Å². The molecule has 4 atom stereocenters. The van der Waals surface area contributed by atoms with E-state index < -0.39 is 0 Å². The molecule has 15 heavy (non-hydrogen) atoms. The smallest absolute Gasteiger partial charge is 0.239 e. The molecule has 4 heteroatoms. The SMILES string of the molecule is CC1CC1CNC(=O)[C@H]1NCCO[C@@H]1C. The Labute approximate surface area is 90.8 Å². The number of rotatable bonds is 3. The van der Waals surface area contributed by atoms with Crippen LogP contribution in [-0.4, -0.2) is 37.7 Å². The van der Waals surface area contributed by atoms with Gasteiger partial charge in [0.2, 0.25) is 5.91 Å². The Morgan fingerprint density at radius 1 is 1.53 bits per heavy atom. The number of carbonyl (C=O) groups is 1. The lowest BCUT2D eigenvalue weighted by molar-refractivity contribution is -0.129. The maximum Gasteiger partial charge on any atom is 0.239 e. The van der Waals surface area contributed by atoms with Gasteiger partial charge < -0.3 is 15.4 Å². The Kier molecular flexibility index (Phi) is 3.26. The van der Waals surface area contributed by atoms with E-state index >= 15 is 0 Å². The number of amides is 1. The standard InChI is InChI=1S/C11H20N2O2/c1-7-5-9(7)6-13-11(14)10-8(2)15-4-3-12-10/h7-10,12H,3-6H2,1-2H3,(H,13,14)/t7?,8-,9?,10+/m1/s1. The molecule has 0 bridgehead atoms. The summed E-state index contributed by atoms with van der Waals surface area (Å²) in [6.07, 6.45) is 1.24. The molecule has 2 unspecified atom stereocenters. The minimum Gasteiger partial charge on any atom is -0.375 e. The summed E-state index contributed by atoms with van der Waals surface area (Å²) in [5.41, 5.74) is 0. The highest BCUT2D eigenvalue weighted by Gasteiger charge is 2.34. The second kappa shape index (κ2) is 4.49. The van der Waals surface area contributed by atoms with Crippen LogP contribution >= 0.6 is 0 Å². The Hall–Kier alpha value is -0.610. The fraction of sp³-hybridized carbons (Fsp3) is 0.909. The summed E-state index contributed by atoms with van der Waals surface area (Å²) < 4.78 is 5.43. The second-order valence-corrected chi connectivity index (χ2v) is 4.73. The van der Waals surface area contributed by atoms with Gasteiger partial charge in [0.15, 0.2) is 0 Å². The van der Waals surface area contributed by atoms with Gasteiger partial charge in [-0.25, -0.2) is 0 Å². The van der Waals surface area contributed by atoms with Crippen molar-refractivity contribution < 1.29 is 9.53 Å². The van der Waals surface area contributed by atoms with Crippen LogP contribution in [0.5, 0.6) is 0 Å². The first-order valence-corrected chi connectivity index (χ1v) is 5.81. The van der Waals surface area contributed by atoms with Crippen LogP contribution < -0.4 is 10.6 Å². The number of hydrogen-bond donors (Lipinski definition) is 2. The predicted octanol–water partition coefficient (Wildman–Crippen LogP) is 0.136. The molecule has 0 aromatic rings. The molecule has 1 saturated heterocycles. The van der Waals surface area contributed by atoms with Crippen LogP contribution in [0.1, 0.15) is 20.3 Å². The van der Waals surface area contributed by atoms with Crippen molar-refractivity contribution in [1.82, 2.24) is 10.6 Å². The van der Waals surface area contributed by atoms with E-state index in [-0.39, 0.29) is 18.1 Å². The molecule has 2 fully saturated rings. The summed E-state index contributed by atoms with van der Waals surface area (Å²) in [5.74, 6) is 1.58. The molecule has 0 aromatic heterocycles. The van der Waals surface area contributed by atoms with Gasteiger partial charge in [-0.05, 0) is 25.2 Å². The molecule has 1 amide bonds. The van der Waals surface area contributed by atoms with Crippen molar-refractivity contribution in [1.29, 1.82) is 0 Å². The van der Waals surface area contributed by atoms with Crippen LogP contribution in [0.15, 0.2) is 0 Å². The summed E-state index contributed by atoms with van der Waals surface area (Å²) in [6.45, 7) is 6.45. The minimum atomic E-state index is -0.173. The average molecular weight is 212 g/mol. The molecule has 1 saturated carbocycles. The van der Waals surface area contributed by atoms with Crippen molar-refractivity contribution in [2.45, 2.75) is 32.4 Å². The first-order valence-electron chi connectivity index (χ1n) is 5.81. The Morgan fingerprint density at radius 2 is 2.27 bits per heavy atom. The zero-order valence-electron chi connectivity index (χ0n) is 9.45. The van der Waals surface area contributed by atoms with Crippen molar-refractivity contribution in [3.63, 3.8) is 0 Å². The second-order valence-electron chi connectivity index (χ2n) is 4.73. The molecule has 4 nitrogen and oxygen atoms in total. The first-order chi connectivity index (χ1) is 7.18. The van der Waals surface area contributed by atoms with Gasteiger partial charge in [-0.15, -0.1) is 0 Å². The average Bonchev–Trinajstić information content (AvgIpc) is 2.92. The molecule has 2 aliphatic rings. The van der Waals surface area contributed by atoms with E-state index in [0.29, 0.717) is 12.5 Å². The predicted molar refractivity (Wildman–Crippen MR) is 57.5 cm³/mol. The fourth-order valence-electron chi connectivity index (χ4n) is 2.05. The van der Waals surface area contributed by atoms with Gasteiger partial charge in [-0.2, -0.15) is 0 Å². The van der Waals surface area contributed by atoms with E-state index in [1.807, 2.05) is 6.92 Å². The van der Waals surface area contributed by atoms with Crippen molar-refractivity contribution in [3.8, 4) is 0 Å². The quantitative estimate of drug-likeness (QED) is 0.699. The zero-order chi connectivity index (χ0) is 10.8. The van der Waals surface area contributed by atoms with Gasteiger partial charge in [-0.1, -0.05) is 6.92 Å². The van der Waals surface area contributed by atoms with Crippen LogP contribution in [0.2, 0.25) is 0 Å². The third-order valence-electron chi connectivity index (χ3n) is 3.41. The molecule has 2 rings (SSSR count). The summed E-state index contributed by atoms with van der Waals surface area (Å²) in [6, 6.07) is -0.173. The number of hydrogen-bond acceptors (Lipinski definition) is 3. The number of carbonyl (C=O) groups excluding carboxylic acids is 1. The molecule has 86 valence electrons. The summed E-state index contributed by atoms with van der Waals surface area (Å²) >= 11 is 0. The van der Waals surface area contributed by atoms with E-state index in [1.54, 1.807) is 0 Å². The van der Waals surface area contributed by atoms with Crippen LogP contribution in [0.25, 0.3) is 0 Å².